The minimum absolute atomic E-state index is 0.141. The Balaban J connectivity index is 2.50. The van der Waals surface area contributed by atoms with Gasteiger partial charge in [0.2, 0.25) is 0 Å². The molecule has 17 heavy (non-hydrogen) atoms. The third-order valence-electron chi connectivity index (χ3n) is 2.46. The number of halogens is 2. The first kappa shape index (κ1) is 12.5. The number of carbonyl (C=O) groups is 1. The van der Waals surface area contributed by atoms with E-state index >= 15 is 0 Å². The smallest absolute Gasteiger partial charge is 0.195 e. The summed E-state index contributed by atoms with van der Waals surface area (Å²) in [5, 5.41) is 0. The Kier molecular flexibility index (Phi) is 3.45. The maximum atomic E-state index is 13.2. The van der Waals surface area contributed by atoms with Gasteiger partial charge >= 0.3 is 0 Å². The Morgan fingerprint density at radius 3 is 2.53 bits per heavy atom. The van der Waals surface area contributed by atoms with Gasteiger partial charge in [0.05, 0.1) is 0 Å². The lowest BCUT2D eigenvalue weighted by Crippen LogP contribution is -2.03. The van der Waals surface area contributed by atoms with E-state index in [-0.39, 0.29) is 5.78 Å². The van der Waals surface area contributed by atoms with Crippen molar-refractivity contribution in [3.05, 3.63) is 55.4 Å². The van der Waals surface area contributed by atoms with Crippen molar-refractivity contribution < 1.29 is 9.18 Å². The van der Waals surface area contributed by atoms with Crippen LogP contribution in [-0.2, 0) is 0 Å². The van der Waals surface area contributed by atoms with Crippen molar-refractivity contribution in [1.82, 2.24) is 0 Å². The molecular formula is C13H10BrFOS. The molecule has 2 aromatic rings. The number of ketones is 1. The second-order valence-electron chi connectivity index (χ2n) is 3.78. The van der Waals surface area contributed by atoms with E-state index < -0.39 is 5.82 Å². The maximum Gasteiger partial charge on any atom is 0.195 e. The zero-order valence-electron chi connectivity index (χ0n) is 9.38. The van der Waals surface area contributed by atoms with Crippen LogP contribution in [0.4, 0.5) is 4.39 Å². The minimum atomic E-state index is -0.402. The molecule has 4 heteroatoms. The van der Waals surface area contributed by atoms with Gasteiger partial charge < -0.3 is 0 Å². The fourth-order valence-electron chi connectivity index (χ4n) is 1.67. The van der Waals surface area contributed by atoms with E-state index in [0.29, 0.717) is 15.6 Å². The van der Waals surface area contributed by atoms with Crippen LogP contribution in [0.5, 0.6) is 0 Å². The van der Waals surface area contributed by atoms with Gasteiger partial charge in [-0.15, -0.1) is 11.3 Å². The SMILES string of the molecule is Cc1cc(C(=O)c2cc(F)ccc2Br)c(C)s1. The van der Waals surface area contributed by atoms with Gasteiger partial charge in [-0.2, -0.15) is 0 Å². The number of rotatable bonds is 2. The van der Waals surface area contributed by atoms with Gasteiger partial charge in [0.15, 0.2) is 5.78 Å². The monoisotopic (exact) mass is 312 g/mol. The third-order valence-corrected chi connectivity index (χ3v) is 4.12. The summed E-state index contributed by atoms with van der Waals surface area (Å²) in [5.41, 5.74) is 1.02. The Hall–Kier alpha value is -1.000. The molecule has 0 saturated heterocycles. The molecule has 1 aromatic carbocycles. The summed E-state index contributed by atoms with van der Waals surface area (Å²) in [4.78, 5) is 14.3. The van der Waals surface area contributed by atoms with E-state index in [1.165, 1.54) is 12.1 Å². The largest absolute Gasteiger partial charge is 0.289 e. The van der Waals surface area contributed by atoms with Gasteiger partial charge in [0.25, 0.3) is 0 Å². The summed E-state index contributed by atoms with van der Waals surface area (Å²) in [6, 6.07) is 5.99. The highest BCUT2D eigenvalue weighted by Gasteiger charge is 2.17. The molecule has 1 heterocycles. The van der Waals surface area contributed by atoms with E-state index in [2.05, 4.69) is 15.9 Å². The number of thiophene rings is 1. The van der Waals surface area contributed by atoms with Crippen molar-refractivity contribution in [2.24, 2.45) is 0 Å². The normalized spacial score (nSPS) is 10.6. The van der Waals surface area contributed by atoms with Crippen LogP contribution in [0.2, 0.25) is 0 Å². The van der Waals surface area contributed by atoms with Gasteiger partial charge in [0, 0.05) is 25.4 Å². The fourth-order valence-corrected chi connectivity index (χ4v) is 3.02. The molecule has 0 unspecified atom stereocenters. The standard InChI is InChI=1S/C13H10BrFOS/c1-7-5-10(8(2)17-7)13(16)11-6-9(15)3-4-12(11)14/h3-6H,1-2H3. The highest BCUT2D eigenvalue weighted by Crippen LogP contribution is 2.26. The molecule has 0 aliphatic carbocycles. The predicted molar refractivity (Wildman–Crippen MR) is 71.3 cm³/mol. The molecule has 0 radical (unpaired) electrons. The molecule has 2 rings (SSSR count). The van der Waals surface area contributed by atoms with Crippen LogP contribution < -0.4 is 0 Å². The molecule has 0 atom stereocenters. The molecule has 0 N–H and O–H groups in total. The predicted octanol–water partition coefficient (Wildman–Crippen LogP) is 4.50. The summed E-state index contributed by atoms with van der Waals surface area (Å²) < 4.78 is 13.8. The molecule has 0 aliphatic heterocycles. The Bertz CT molecular complexity index is 589. The van der Waals surface area contributed by atoms with Crippen LogP contribution in [0.25, 0.3) is 0 Å². The van der Waals surface area contributed by atoms with Crippen molar-refractivity contribution in [2.45, 2.75) is 13.8 Å². The van der Waals surface area contributed by atoms with Crippen molar-refractivity contribution in [3.8, 4) is 0 Å². The summed E-state index contributed by atoms with van der Waals surface area (Å²) in [6.45, 7) is 3.85. The lowest BCUT2D eigenvalue weighted by atomic mass is 10.0. The van der Waals surface area contributed by atoms with Gasteiger partial charge in [-0.25, -0.2) is 4.39 Å². The van der Waals surface area contributed by atoms with E-state index in [0.717, 1.165) is 9.75 Å². The Labute approximate surface area is 111 Å². The number of hydrogen-bond acceptors (Lipinski definition) is 2. The van der Waals surface area contributed by atoms with Crippen molar-refractivity contribution in [2.75, 3.05) is 0 Å². The Morgan fingerprint density at radius 2 is 1.94 bits per heavy atom. The third kappa shape index (κ3) is 2.48. The van der Waals surface area contributed by atoms with Crippen LogP contribution in [0, 0.1) is 19.7 Å². The summed E-state index contributed by atoms with van der Waals surface area (Å²) in [7, 11) is 0. The molecular weight excluding hydrogens is 303 g/mol. The topological polar surface area (TPSA) is 17.1 Å². The van der Waals surface area contributed by atoms with Gasteiger partial charge in [-0.05, 0) is 38.1 Å². The number of carbonyl (C=O) groups excluding carboxylic acids is 1. The second kappa shape index (κ2) is 4.70. The van der Waals surface area contributed by atoms with Gasteiger partial charge in [-0.3, -0.25) is 4.79 Å². The van der Waals surface area contributed by atoms with Crippen LogP contribution >= 0.6 is 27.3 Å². The summed E-state index contributed by atoms with van der Waals surface area (Å²) in [6.07, 6.45) is 0. The van der Waals surface area contributed by atoms with Crippen LogP contribution in [0.1, 0.15) is 25.7 Å². The lowest BCUT2D eigenvalue weighted by Gasteiger charge is -2.03. The molecule has 0 amide bonds. The molecule has 88 valence electrons. The second-order valence-corrected chi connectivity index (χ2v) is 6.09. The summed E-state index contributed by atoms with van der Waals surface area (Å²) in [5.74, 6) is -0.542. The van der Waals surface area contributed by atoms with E-state index in [9.17, 15) is 9.18 Å². The first-order valence-corrected chi connectivity index (χ1v) is 6.67. The van der Waals surface area contributed by atoms with Gasteiger partial charge in [-0.1, -0.05) is 15.9 Å². The fraction of sp³-hybridized carbons (Fsp3) is 0.154. The van der Waals surface area contributed by atoms with Crippen molar-refractivity contribution in [3.63, 3.8) is 0 Å². The van der Waals surface area contributed by atoms with Crippen molar-refractivity contribution in [1.29, 1.82) is 0 Å². The van der Waals surface area contributed by atoms with E-state index in [4.69, 9.17) is 0 Å². The highest BCUT2D eigenvalue weighted by molar-refractivity contribution is 9.10. The average Bonchev–Trinajstić information content (AvgIpc) is 2.60. The van der Waals surface area contributed by atoms with E-state index in [1.807, 2.05) is 19.9 Å². The van der Waals surface area contributed by atoms with Crippen LogP contribution in [0.3, 0.4) is 0 Å². The highest BCUT2D eigenvalue weighted by atomic mass is 79.9. The first-order valence-electron chi connectivity index (χ1n) is 5.06. The summed E-state index contributed by atoms with van der Waals surface area (Å²) >= 11 is 4.85. The lowest BCUT2D eigenvalue weighted by molar-refractivity contribution is 0.103. The first-order chi connectivity index (χ1) is 7.99. The maximum absolute atomic E-state index is 13.2. The molecule has 0 saturated carbocycles. The molecule has 0 bridgehead atoms. The number of aryl methyl sites for hydroxylation is 2. The number of hydrogen-bond donors (Lipinski definition) is 0. The van der Waals surface area contributed by atoms with Crippen LogP contribution in [-0.4, -0.2) is 5.78 Å². The molecule has 0 aliphatic rings. The Morgan fingerprint density at radius 1 is 1.24 bits per heavy atom. The number of benzene rings is 1. The minimum Gasteiger partial charge on any atom is -0.289 e. The average molecular weight is 313 g/mol. The van der Waals surface area contributed by atoms with Gasteiger partial charge in [0.1, 0.15) is 5.82 Å². The molecule has 0 spiro atoms. The van der Waals surface area contributed by atoms with Crippen molar-refractivity contribution >= 4 is 33.0 Å². The molecule has 1 aromatic heterocycles. The zero-order chi connectivity index (χ0) is 12.6. The quantitative estimate of drug-likeness (QED) is 0.746. The van der Waals surface area contributed by atoms with E-state index in [1.54, 1.807) is 17.4 Å². The zero-order valence-corrected chi connectivity index (χ0v) is 11.8. The molecule has 0 fully saturated rings. The molecule has 1 nitrogen and oxygen atoms in total. The van der Waals surface area contributed by atoms with Crippen LogP contribution in [0.15, 0.2) is 28.7 Å².